The number of rotatable bonds is 9. The molecule has 0 N–H and O–H groups in total. The summed E-state index contributed by atoms with van der Waals surface area (Å²) in [7, 11) is 0. The molecule has 3 rings (SSSR count). The lowest BCUT2D eigenvalue weighted by molar-refractivity contribution is -0.0498. The number of ether oxygens (including phenoxy) is 2. The van der Waals surface area contributed by atoms with Gasteiger partial charge in [0, 0.05) is 0 Å². The smallest absolute Gasteiger partial charge is 0.387 e. The van der Waals surface area contributed by atoms with Crippen LogP contribution in [0, 0.1) is 5.82 Å². The summed E-state index contributed by atoms with van der Waals surface area (Å²) in [6, 6.07) is 20.8. The fraction of sp³-hybridized carbons (Fsp3) is 0.280. The van der Waals surface area contributed by atoms with E-state index in [1.807, 2.05) is 30.3 Å². The number of hydrogen-bond donors (Lipinski definition) is 0. The summed E-state index contributed by atoms with van der Waals surface area (Å²) in [5.41, 5.74) is 1.92. The van der Waals surface area contributed by atoms with Gasteiger partial charge >= 0.3 is 6.61 Å². The maximum Gasteiger partial charge on any atom is 0.387 e. The first-order chi connectivity index (χ1) is 14.3. The molecule has 0 heterocycles. The van der Waals surface area contributed by atoms with Gasteiger partial charge < -0.3 is 9.47 Å². The van der Waals surface area contributed by atoms with Crippen molar-refractivity contribution >= 4 is 0 Å². The van der Waals surface area contributed by atoms with E-state index >= 15 is 0 Å². The van der Waals surface area contributed by atoms with Gasteiger partial charge in [-0.15, -0.1) is 0 Å². The Morgan fingerprint density at radius 2 is 1.57 bits per heavy atom. The van der Waals surface area contributed by atoms with E-state index in [1.54, 1.807) is 36.4 Å². The first-order valence-electron chi connectivity index (χ1n) is 9.90. The summed E-state index contributed by atoms with van der Waals surface area (Å²) in [5, 5.41) is 0. The van der Waals surface area contributed by atoms with E-state index in [0.29, 0.717) is 5.75 Å². The van der Waals surface area contributed by atoms with Gasteiger partial charge in [0.05, 0.1) is 0 Å². The lowest BCUT2D eigenvalue weighted by Crippen LogP contribution is -2.17. The van der Waals surface area contributed by atoms with E-state index in [4.69, 9.17) is 4.74 Å². The van der Waals surface area contributed by atoms with Crippen LogP contribution < -0.4 is 9.47 Å². The van der Waals surface area contributed by atoms with Crippen molar-refractivity contribution in [1.82, 2.24) is 0 Å². The Bertz CT molecular complexity index is 938. The molecular weight excluding hydrogens is 389 g/mol. The maximum atomic E-state index is 14.1. The zero-order chi connectivity index (χ0) is 21.6. The van der Waals surface area contributed by atoms with Gasteiger partial charge in [0.1, 0.15) is 11.5 Å². The molecule has 0 aromatic heterocycles. The minimum Gasteiger partial charge on any atom is -0.454 e. The largest absolute Gasteiger partial charge is 0.454 e. The topological polar surface area (TPSA) is 18.5 Å². The summed E-state index contributed by atoms with van der Waals surface area (Å²) in [6.45, 7) is 1.41. The first kappa shape index (κ1) is 21.8. The molecule has 3 aromatic carbocycles. The Morgan fingerprint density at radius 1 is 0.867 bits per heavy atom. The number of para-hydroxylation sites is 1. The summed E-state index contributed by atoms with van der Waals surface area (Å²) < 4.78 is 48.8. The highest BCUT2D eigenvalue weighted by atomic mass is 19.3. The minimum absolute atomic E-state index is 0.132. The van der Waals surface area contributed by atoms with Crippen LogP contribution in [-0.2, 0) is 11.8 Å². The predicted octanol–water partition coefficient (Wildman–Crippen LogP) is 7.52. The van der Waals surface area contributed by atoms with Gasteiger partial charge in [0.25, 0.3) is 0 Å². The van der Waals surface area contributed by atoms with Crippen molar-refractivity contribution in [2.24, 2.45) is 0 Å². The molecule has 5 heteroatoms. The number of halogens is 3. The highest BCUT2D eigenvalue weighted by Gasteiger charge is 2.20. The normalized spacial score (nSPS) is 11.5. The lowest BCUT2D eigenvalue weighted by Gasteiger charge is -2.25. The summed E-state index contributed by atoms with van der Waals surface area (Å²) in [4.78, 5) is 0. The van der Waals surface area contributed by atoms with E-state index in [9.17, 15) is 13.2 Å². The highest BCUT2D eigenvalue weighted by molar-refractivity contribution is 5.35. The van der Waals surface area contributed by atoms with Gasteiger partial charge in [-0.1, -0.05) is 50.2 Å². The first-order valence-corrected chi connectivity index (χ1v) is 9.90. The van der Waals surface area contributed by atoms with Gasteiger partial charge in [0.15, 0.2) is 11.6 Å². The van der Waals surface area contributed by atoms with Crippen LogP contribution in [0.5, 0.6) is 17.2 Å². The van der Waals surface area contributed by atoms with Gasteiger partial charge in [-0.3, -0.25) is 0 Å². The summed E-state index contributed by atoms with van der Waals surface area (Å²) in [5.74, 6) is 0.567. The molecular formula is C25H25F3O2. The summed E-state index contributed by atoms with van der Waals surface area (Å²) in [6.07, 6.45) is 2.55. The SMILES string of the molecule is CC(C)(CCCc1ccc(F)c(Oc2ccccc2)c1)c1ccc(OC(F)F)cc1. The Kier molecular flexibility index (Phi) is 7.03. The van der Waals surface area contributed by atoms with Crippen LogP contribution in [0.3, 0.4) is 0 Å². The van der Waals surface area contributed by atoms with E-state index < -0.39 is 12.4 Å². The van der Waals surface area contributed by atoms with Crippen LogP contribution in [0.1, 0.15) is 37.8 Å². The van der Waals surface area contributed by atoms with E-state index in [0.717, 1.165) is 30.4 Å². The van der Waals surface area contributed by atoms with E-state index in [2.05, 4.69) is 18.6 Å². The third-order valence-electron chi connectivity index (χ3n) is 5.09. The van der Waals surface area contributed by atoms with Gasteiger partial charge in [0.2, 0.25) is 0 Å². The van der Waals surface area contributed by atoms with Crippen molar-refractivity contribution in [3.63, 3.8) is 0 Å². The predicted molar refractivity (Wildman–Crippen MR) is 112 cm³/mol. The fourth-order valence-electron chi connectivity index (χ4n) is 3.36. The molecule has 158 valence electrons. The van der Waals surface area contributed by atoms with Crippen molar-refractivity contribution in [2.75, 3.05) is 0 Å². The molecule has 0 saturated carbocycles. The lowest BCUT2D eigenvalue weighted by atomic mass is 9.80. The van der Waals surface area contributed by atoms with Crippen LogP contribution >= 0.6 is 0 Å². The van der Waals surface area contributed by atoms with Crippen LogP contribution in [-0.4, -0.2) is 6.61 Å². The van der Waals surface area contributed by atoms with Crippen LogP contribution in [0.15, 0.2) is 72.8 Å². The van der Waals surface area contributed by atoms with Crippen LogP contribution in [0.4, 0.5) is 13.2 Å². The summed E-state index contributed by atoms with van der Waals surface area (Å²) >= 11 is 0. The molecule has 0 aliphatic heterocycles. The Labute approximate surface area is 175 Å². The fourth-order valence-corrected chi connectivity index (χ4v) is 3.36. The Hall–Kier alpha value is -2.95. The average molecular weight is 414 g/mol. The number of hydrogen-bond acceptors (Lipinski definition) is 2. The molecule has 0 atom stereocenters. The molecule has 30 heavy (non-hydrogen) atoms. The molecule has 0 radical (unpaired) electrons. The van der Waals surface area contributed by atoms with E-state index in [-0.39, 0.29) is 16.9 Å². The van der Waals surface area contributed by atoms with Crippen LogP contribution in [0.2, 0.25) is 0 Å². The standard InChI is InChI=1S/C25H25F3O2/c1-25(2,19-11-13-21(14-12-19)30-24(27)28)16-6-7-18-10-15-22(26)23(17-18)29-20-8-4-3-5-9-20/h3-5,8-15,17,24H,6-7,16H2,1-2H3. The number of alkyl halides is 2. The zero-order valence-corrected chi connectivity index (χ0v) is 17.1. The van der Waals surface area contributed by atoms with Crippen molar-refractivity contribution < 1.29 is 22.6 Å². The maximum absolute atomic E-state index is 14.1. The third-order valence-corrected chi connectivity index (χ3v) is 5.09. The van der Waals surface area contributed by atoms with Gasteiger partial charge in [-0.25, -0.2) is 4.39 Å². The quantitative estimate of drug-likeness (QED) is 0.360. The monoisotopic (exact) mass is 414 g/mol. The molecule has 0 aliphatic rings. The van der Waals surface area contributed by atoms with Crippen molar-refractivity contribution in [2.45, 2.75) is 45.1 Å². The molecule has 0 amide bonds. The molecule has 0 fully saturated rings. The second kappa shape index (κ2) is 9.70. The molecule has 0 saturated heterocycles. The molecule has 2 nitrogen and oxygen atoms in total. The zero-order valence-electron chi connectivity index (χ0n) is 17.1. The minimum atomic E-state index is -2.82. The van der Waals surface area contributed by atoms with Crippen molar-refractivity contribution in [1.29, 1.82) is 0 Å². The molecule has 0 spiro atoms. The Morgan fingerprint density at radius 3 is 2.23 bits per heavy atom. The van der Waals surface area contributed by atoms with E-state index in [1.165, 1.54) is 6.07 Å². The molecule has 0 bridgehead atoms. The highest BCUT2D eigenvalue weighted by Crippen LogP contribution is 2.31. The second-order valence-corrected chi connectivity index (χ2v) is 7.82. The second-order valence-electron chi connectivity index (χ2n) is 7.82. The molecule has 3 aromatic rings. The van der Waals surface area contributed by atoms with Crippen LogP contribution in [0.25, 0.3) is 0 Å². The molecule has 0 unspecified atom stereocenters. The third kappa shape index (κ3) is 6.02. The Balaban J connectivity index is 1.59. The van der Waals surface area contributed by atoms with Crippen molar-refractivity contribution in [3.05, 3.63) is 89.7 Å². The number of benzene rings is 3. The number of aryl methyl sites for hydroxylation is 1. The van der Waals surface area contributed by atoms with Gasteiger partial charge in [-0.2, -0.15) is 8.78 Å². The van der Waals surface area contributed by atoms with Crippen molar-refractivity contribution in [3.8, 4) is 17.2 Å². The average Bonchev–Trinajstić information content (AvgIpc) is 2.71. The van der Waals surface area contributed by atoms with Gasteiger partial charge in [-0.05, 0) is 72.2 Å². The molecule has 0 aliphatic carbocycles.